The zero-order valence-electron chi connectivity index (χ0n) is 14.5. The molecule has 6 heteroatoms. The molecule has 24 heavy (non-hydrogen) atoms. The zero-order valence-corrected chi connectivity index (χ0v) is 15.3. The maximum absolute atomic E-state index is 5.88. The van der Waals surface area contributed by atoms with Crippen LogP contribution in [0, 0.1) is 13.8 Å². The Morgan fingerprint density at radius 1 is 1.33 bits per heavy atom. The largest absolute Gasteiger partial charge is 0.459 e. The number of nitrogens with zero attached hydrogens (tertiary/aromatic N) is 3. The van der Waals surface area contributed by atoms with Gasteiger partial charge in [-0.3, -0.25) is 4.99 Å². The molecule has 0 radical (unpaired) electrons. The molecule has 2 aromatic heterocycles. The number of aryl methyl sites for hydroxylation is 2. The molecule has 3 aromatic rings. The van der Waals surface area contributed by atoms with E-state index in [2.05, 4.69) is 34.3 Å². The SMILES string of the molecule is CN=C(NCc1nc(C)c(C)s1)N(C)Cc1cc2ccccc2o1. The summed E-state index contributed by atoms with van der Waals surface area (Å²) >= 11 is 1.72. The third-order valence-corrected chi connectivity index (χ3v) is 4.99. The van der Waals surface area contributed by atoms with Gasteiger partial charge in [0.05, 0.1) is 18.8 Å². The fraction of sp³-hybridized carbons (Fsp3) is 0.333. The predicted molar refractivity (Wildman–Crippen MR) is 99.5 cm³/mol. The van der Waals surface area contributed by atoms with Crippen LogP contribution in [0.3, 0.4) is 0 Å². The number of aliphatic imine (C=N–C) groups is 1. The molecule has 0 bridgehead atoms. The minimum Gasteiger partial charge on any atom is -0.459 e. The first-order valence-electron chi connectivity index (χ1n) is 7.89. The molecule has 5 nitrogen and oxygen atoms in total. The average molecular weight is 342 g/mol. The fourth-order valence-electron chi connectivity index (χ4n) is 2.58. The third kappa shape index (κ3) is 3.59. The van der Waals surface area contributed by atoms with Crippen LogP contribution in [0.5, 0.6) is 0 Å². The first kappa shape index (κ1) is 16.5. The molecule has 126 valence electrons. The number of furan rings is 1. The van der Waals surface area contributed by atoms with Crippen molar-refractivity contribution in [3.63, 3.8) is 0 Å². The first-order chi connectivity index (χ1) is 11.6. The molecule has 2 heterocycles. The van der Waals surface area contributed by atoms with E-state index in [-0.39, 0.29) is 0 Å². The fourth-order valence-corrected chi connectivity index (χ4v) is 3.45. The van der Waals surface area contributed by atoms with E-state index in [1.807, 2.05) is 37.1 Å². The summed E-state index contributed by atoms with van der Waals surface area (Å²) in [5, 5.41) is 5.56. The molecule has 0 unspecified atom stereocenters. The Morgan fingerprint density at radius 3 is 2.79 bits per heavy atom. The van der Waals surface area contributed by atoms with E-state index in [0.29, 0.717) is 13.1 Å². The molecule has 0 amide bonds. The maximum Gasteiger partial charge on any atom is 0.194 e. The molecule has 0 aliphatic carbocycles. The molecule has 3 rings (SSSR count). The van der Waals surface area contributed by atoms with Crippen LogP contribution in [0.2, 0.25) is 0 Å². The van der Waals surface area contributed by atoms with E-state index in [1.54, 1.807) is 18.4 Å². The molecule has 0 spiro atoms. The summed E-state index contributed by atoms with van der Waals surface area (Å²) in [6.07, 6.45) is 0. The number of thiazole rings is 1. The van der Waals surface area contributed by atoms with Gasteiger partial charge in [-0.05, 0) is 26.0 Å². The van der Waals surface area contributed by atoms with E-state index in [9.17, 15) is 0 Å². The van der Waals surface area contributed by atoms with Gasteiger partial charge in [-0.1, -0.05) is 18.2 Å². The van der Waals surface area contributed by atoms with Crippen LogP contribution in [0.15, 0.2) is 39.7 Å². The van der Waals surface area contributed by atoms with E-state index in [0.717, 1.165) is 33.4 Å². The van der Waals surface area contributed by atoms with Gasteiger partial charge in [-0.2, -0.15) is 0 Å². The van der Waals surface area contributed by atoms with Gasteiger partial charge in [-0.25, -0.2) is 4.98 Å². The van der Waals surface area contributed by atoms with Crippen molar-refractivity contribution in [2.45, 2.75) is 26.9 Å². The quantitative estimate of drug-likeness (QED) is 0.580. The number of rotatable bonds is 4. The van der Waals surface area contributed by atoms with Crippen molar-refractivity contribution in [3.8, 4) is 0 Å². The summed E-state index contributed by atoms with van der Waals surface area (Å²) in [5.41, 5.74) is 2.01. The van der Waals surface area contributed by atoms with Crippen LogP contribution in [-0.4, -0.2) is 29.9 Å². The lowest BCUT2D eigenvalue weighted by Gasteiger charge is -2.20. The van der Waals surface area contributed by atoms with Crippen LogP contribution in [0.25, 0.3) is 11.0 Å². The second-order valence-corrected chi connectivity index (χ2v) is 7.04. The van der Waals surface area contributed by atoms with Gasteiger partial charge < -0.3 is 14.6 Å². The van der Waals surface area contributed by atoms with Gasteiger partial charge in [0.2, 0.25) is 0 Å². The standard InChI is InChI=1S/C18H22N4OS/c1-12-13(2)24-17(21-12)10-20-18(19-3)22(4)11-15-9-14-7-5-6-8-16(14)23-15/h5-9H,10-11H2,1-4H3,(H,19,20). The molecule has 0 fully saturated rings. The summed E-state index contributed by atoms with van der Waals surface area (Å²) in [7, 11) is 3.79. The zero-order chi connectivity index (χ0) is 17.1. The van der Waals surface area contributed by atoms with Gasteiger partial charge in [0, 0.05) is 24.4 Å². The number of guanidine groups is 1. The lowest BCUT2D eigenvalue weighted by atomic mass is 10.2. The molecule has 1 N–H and O–H groups in total. The first-order valence-corrected chi connectivity index (χ1v) is 8.70. The smallest absolute Gasteiger partial charge is 0.194 e. The Labute approximate surface area is 146 Å². The van der Waals surface area contributed by atoms with Gasteiger partial charge >= 0.3 is 0 Å². The van der Waals surface area contributed by atoms with Crippen molar-refractivity contribution in [1.82, 2.24) is 15.2 Å². The predicted octanol–water partition coefficient (Wildman–Crippen LogP) is 3.71. The number of hydrogen-bond acceptors (Lipinski definition) is 4. The summed E-state index contributed by atoms with van der Waals surface area (Å²) < 4.78 is 5.88. The molecule has 0 aliphatic heterocycles. The molecular formula is C18H22N4OS. The summed E-state index contributed by atoms with van der Waals surface area (Å²) in [4.78, 5) is 12.2. The Hall–Kier alpha value is -2.34. The van der Waals surface area contributed by atoms with Gasteiger partial charge in [0.15, 0.2) is 5.96 Å². The number of aromatic nitrogens is 1. The lowest BCUT2D eigenvalue weighted by molar-refractivity contribution is 0.412. The van der Waals surface area contributed by atoms with Crippen LogP contribution < -0.4 is 5.32 Å². The minimum atomic E-state index is 0.657. The minimum absolute atomic E-state index is 0.657. The molecule has 1 aromatic carbocycles. The topological polar surface area (TPSA) is 53.7 Å². The molecular weight excluding hydrogens is 320 g/mol. The highest BCUT2D eigenvalue weighted by Crippen LogP contribution is 2.20. The third-order valence-electron chi connectivity index (χ3n) is 3.91. The van der Waals surface area contributed by atoms with E-state index in [1.165, 1.54) is 4.88 Å². The number of benzene rings is 1. The maximum atomic E-state index is 5.88. The summed E-state index contributed by atoms with van der Waals surface area (Å²) in [5.74, 6) is 1.74. The lowest BCUT2D eigenvalue weighted by Crippen LogP contribution is -2.37. The van der Waals surface area contributed by atoms with Crippen molar-refractivity contribution in [1.29, 1.82) is 0 Å². The van der Waals surface area contributed by atoms with Crippen LogP contribution in [0.1, 0.15) is 21.3 Å². The van der Waals surface area contributed by atoms with Crippen molar-refractivity contribution < 1.29 is 4.42 Å². The number of hydrogen-bond donors (Lipinski definition) is 1. The van der Waals surface area contributed by atoms with Crippen molar-refractivity contribution in [3.05, 3.63) is 51.7 Å². The van der Waals surface area contributed by atoms with E-state index < -0.39 is 0 Å². The van der Waals surface area contributed by atoms with Crippen LogP contribution in [-0.2, 0) is 13.1 Å². The van der Waals surface area contributed by atoms with Crippen LogP contribution >= 0.6 is 11.3 Å². The monoisotopic (exact) mass is 342 g/mol. The summed E-state index contributed by atoms with van der Waals surface area (Å²) in [6, 6.07) is 10.1. The van der Waals surface area contributed by atoms with Crippen molar-refractivity contribution in [2.75, 3.05) is 14.1 Å². The van der Waals surface area contributed by atoms with Gasteiger partial charge in [0.1, 0.15) is 16.4 Å². The highest BCUT2D eigenvalue weighted by molar-refractivity contribution is 7.11. The number of para-hydroxylation sites is 1. The number of fused-ring (bicyclic) bond motifs is 1. The highest BCUT2D eigenvalue weighted by Gasteiger charge is 2.11. The highest BCUT2D eigenvalue weighted by atomic mass is 32.1. The Morgan fingerprint density at radius 2 is 2.12 bits per heavy atom. The molecule has 0 aliphatic rings. The molecule has 0 atom stereocenters. The van der Waals surface area contributed by atoms with Crippen LogP contribution in [0.4, 0.5) is 0 Å². The van der Waals surface area contributed by atoms with E-state index in [4.69, 9.17) is 4.42 Å². The Kier molecular flexibility index (Phi) is 4.85. The van der Waals surface area contributed by atoms with Crippen molar-refractivity contribution >= 4 is 28.3 Å². The second kappa shape index (κ2) is 7.05. The Bertz CT molecular complexity index is 812. The van der Waals surface area contributed by atoms with Gasteiger partial charge in [0.25, 0.3) is 0 Å². The number of nitrogens with one attached hydrogen (secondary N) is 1. The van der Waals surface area contributed by atoms with Crippen molar-refractivity contribution in [2.24, 2.45) is 4.99 Å². The Balaban J connectivity index is 1.64. The summed E-state index contributed by atoms with van der Waals surface area (Å²) in [6.45, 7) is 5.47. The molecule has 0 saturated carbocycles. The average Bonchev–Trinajstić information content (AvgIpc) is 3.10. The van der Waals surface area contributed by atoms with E-state index >= 15 is 0 Å². The second-order valence-electron chi connectivity index (χ2n) is 5.76. The van der Waals surface area contributed by atoms with Gasteiger partial charge in [-0.15, -0.1) is 11.3 Å². The normalized spacial score (nSPS) is 11.9. The molecule has 0 saturated heterocycles.